The Labute approximate surface area is 88.0 Å². The Hall–Kier alpha value is -0.340. The van der Waals surface area contributed by atoms with E-state index in [0.717, 1.165) is 12.8 Å². The second-order valence-electron chi connectivity index (χ2n) is 4.23. The summed E-state index contributed by atoms with van der Waals surface area (Å²) in [5.74, 6) is 0. The average molecular weight is 200 g/mol. The Bertz CT molecular complexity index is 183. The largest absolute Gasteiger partial charge is 0.390 e. The van der Waals surface area contributed by atoms with Crippen LogP contribution in [0.2, 0.25) is 0 Å². The smallest absolute Gasteiger partial charge is 0.0884 e. The number of allylic oxidation sites excluding steroid dienone is 2. The standard InChI is InChI=1S/C12H24O2/c1-6-10(3)8-9-11(13)12(4,5)14-7-2/h6,11,13H,7-9H2,1-5H3. The summed E-state index contributed by atoms with van der Waals surface area (Å²) in [7, 11) is 0. The van der Waals surface area contributed by atoms with E-state index in [1.807, 2.05) is 27.7 Å². The van der Waals surface area contributed by atoms with Crippen LogP contribution in [0, 0.1) is 0 Å². The average Bonchev–Trinajstić information content (AvgIpc) is 2.13. The molecule has 0 radical (unpaired) electrons. The first-order chi connectivity index (χ1) is 6.44. The van der Waals surface area contributed by atoms with Gasteiger partial charge in [-0.1, -0.05) is 11.6 Å². The lowest BCUT2D eigenvalue weighted by Gasteiger charge is -2.30. The van der Waals surface area contributed by atoms with Gasteiger partial charge in [-0.05, 0) is 47.5 Å². The third kappa shape index (κ3) is 4.77. The van der Waals surface area contributed by atoms with Crippen LogP contribution in [0.15, 0.2) is 11.6 Å². The van der Waals surface area contributed by atoms with Crippen LogP contribution in [-0.2, 0) is 4.74 Å². The zero-order valence-electron chi connectivity index (χ0n) is 10.1. The molecule has 1 N–H and O–H groups in total. The molecule has 0 aliphatic heterocycles. The van der Waals surface area contributed by atoms with Crippen LogP contribution in [0.3, 0.4) is 0 Å². The minimum Gasteiger partial charge on any atom is -0.390 e. The maximum Gasteiger partial charge on any atom is 0.0884 e. The second kappa shape index (κ2) is 6.20. The molecular formula is C12H24O2. The van der Waals surface area contributed by atoms with Gasteiger partial charge in [-0.15, -0.1) is 0 Å². The van der Waals surface area contributed by atoms with E-state index in [0.29, 0.717) is 6.61 Å². The van der Waals surface area contributed by atoms with Crippen molar-refractivity contribution < 1.29 is 9.84 Å². The first-order valence-corrected chi connectivity index (χ1v) is 5.37. The van der Waals surface area contributed by atoms with Gasteiger partial charge in [0.1, 0.15) is 0 Å². The van der Waals surface area contributed by atoms with E-state index in [1.54, 1.807) is 0 Å². The Kier molecular flexibility index (Phi) is 6.05. The highest BCUT2D eigenvalue weighted by molar-refractivity contribution is 4.96. The quantitative estimate of drug-likeness (QED) is 0.668. The lowest BCUT2D eigenvalue weighted by molar-refractivity contribution is -0.0983. The Morgan fingerprint density at radius 2 is 2.07 bits per heavy atom. The molecule has 2 nitrogen and oxygen atoms in total. The third-order valence-corrected chi connectivity index (χ3v) is 2.62. The van der Waals surface area contributed by atoms with Crippen LogP contribution in [0.4, 0.5) is 0 Å². The Morgan fingerprint density at radius 3 is 2.50 bits per heavy atom. The zero-order valence-corrected chi connectivity index (χ0v) is 10.1. The molecule has 0 rings (SSSR count). The van der Waals surface area contributed by atoms with Gasteiger partial charge in [0.05, 0.1) is 11.7 Å². The fraction of sp³-hybridized carbons (Fsp3) is 0.833. The molecule has 0 amide bonds. The fourth-order valence-electron chi connectivity index (χ4n) is 1.32. The van der Waals surface area contributed by atoms with Gasteiger partial charge in [-0.25, -0.2) is 0 Å². The van der Waals surface area contributed by atoms with Gasteiger partial charge in [0.25, 0.3) is 0 Å². The summed E-state index contributed by atoms with van der Waals surface area (Å²) in [6.45, 7) is 10.6. The minimum atomic E-state index is -0.428. The molecule has 1 unspecified atom stereocenters. The molecule has 0 bridgehead atoms. The Balaban J connectivity index is 4.00. The minimum absolute atomic E-state index is 0.391. The number of aliphatic hydroxyl groups is 1. The highest BCUT2D eigenvalue weighted by Gasteiger charge is 2.27. The number of rotatable bonds is 6. The molecule has 0 saturated heterocycles. The maximum atomic E-state index is 9.90. The first kappa shape index (κ1) is 13.7. The van der Waals surface area contributed by atoms with Crippen LogP contribution in [0.5, 0.6) is 0 Å². The molecular weight excluding hydrogens is 176 g/mol. The van der Waals surface area contributed by atoms with Crippen LogP contribution in [-0.4, -0.2) is 23.4 Å². The predicted octanol–water partition coefficient (Wildman–Crippen LogP) is 2.91. The normalized spacial score (nSPS) is 15.7. The van der Waals surface area contributed by atoms with E-state index in [4.69, 9.17) is 4.74 Å². The summed E-state index contributed by atoms with van der Waals surface area (Å²) in [5.41, 5.74) is 0.888. The number of hydrogen-bond acceptors (Lipinski definition) is 2. The van der Waals surface area contributed by atoms with Crippen LogP contribution < -0.4 is 0 Å². The lowest BCUT2D eigenvalue weighted by atomic mass is 9.95. The highest BCUT2D eigenvalue weighted by Crippen LogP contribution is 2.20. The van der Waals surface area contributed by atoms with Crippen molar-refractivity contribution in [1.29, 1.82) is 0 Å². The summed E-state index contributed by atoms with van der Waals surface area (Å²) < 4.78 is 5.49. The molecule has 0 fully saturated rings. The van der Waals surface area contributed by atoms with Gasteiger partial charge >= 0.3 is 0 Å². The summed E-state index contributed by atoms with van der Waals surface area (Å²) in [4.78, 5) is 0. The molecule has 0 spiro atoms. The van der Waals surface area contributed by atoms with E-state index in [-0.39, 0.29) is 0 Å². The van der Waals surface area contributed by atoms with Gasteiger partial charge in [0, 0.05) is 6.61 Å². The van der Waals surface area contributed by atoms with Gasteiger partial charge < -0.3 is 9.84 Å². The van der Waals surface area contributed by atoms with Gasteiger partial charge in [0.2, 0.25) is 0 Å². The Morgan fingerprint density at radius 1 is 1.50 bits per heavy atom. The highest BCUT2D eigenvalue weighted by atomic mass is 16.5. The lowest BCUT2D eigenvalue weighted by Crippen LogP contribution is -2.39. The van der Waals surface area contributed by atoms with Crippen molar-refractivity contribution in [2.45, 2.75) is 59.2 Å². The van der Waals surface area contributed by atoms with Crippen molar-refractivity contribution in [2.75, 3.05) is 6.61 Å². The van der Waals surface area contributed by atoms with Crippen molar-refractivity contribution in [2.24, 2.45) is 0 Å². The van der Waals surface area contributed by atoms with Crippen LogP contribution >= 0.6 is 0 Å². The van der Waals surface area contributed by atoms with Gasteiger partial charge in [-0.3, -0.25) is 0 Å². The molecule has 2 heteroatoms. The van der Waals surface area contributed by atoms with Gasteiger partial charge in [-0.2, -0.15) is 0 Å². The molecule has 1 atom stereocenters. The summed E-state index contributed by atoms with van der Waals surface area (Å²) in [6.07, 6.45) is 3.40. The predicted molar refractivity (Wildman–Crippen MR) is 60.4 cm³/mol. The molecule has 0 heterocycles. The topological polar surface area (TPSA) is 29.5 Å². The van der Waals surface area contributed by atoms with Crippen LogP contribution in [0.1, 0.15) is 47.5 Å². The number of aliphatic hydroxyl groups excluding tert-OH is 1. The molecule has 0 aromatic heterocycles. The van der Waals surface area contributed by atoms with Crippen LogP contribution in [0.25, 0.3) is 0 Å². The zero-order chi connectivity index (χ0) is 11.2. The van der Waals surface area contributed by atoms with E-state index in [1.165, 1.54) is 5.57 Å². The molecule has 0 aromatic carbocycles. The van der Waals surface area contributed by atoms with Crippen molar-refractivity contribution in [1.82, 2.24) is 0 Å². The number of hydrogen-bond donors (Lipinski definition) is 1. The molecule has 0 aliphatic rings. The first-order valence-electron chi connectivity index (χ1n) is 5.37. The summed E-state index contributed by atoms with van der Waals surface area (Å²) >= 11 is 0. The summed E-state index contributed by atoms with van der Waals surface area (Å²) in [5, 5.41) is 9.90. The van der Waals surface area contributed by atoms with E-state index in [9.17, 15) is 5.11 Å². The van der Waals surface area contributed by atoms with Crippen molar-refractivity contribution in [3.63, 3.8) is 0 Å². The molecule has 0 aliphatic carbocycles. The molecule has 0 saturated carbocycles. The molecule has 14 heavy (non-hydrogen) atoms. The molecule has 84 valence electrons. The van der Waals surface area contributed by atoms with Crippen molar-refractivity contribution in [3.8, 4) is 0 Å². The SMILES string of the molecule is CC=C(C)CCC(O)C(C)(C)OCC. The maximum absolute atomic E-state index is 9.90. The monoisotopic (exact) mass is 200 g/mol. The van der Waals surface area contributed by atoms with E-state index in [2.05, 4.69) is 13.0 Å². The summed E-state index contributed by atoms with van der Waals surface area (Å²) in [6, 6.07) is 0. The molecule has 0 aromatic rings. The van der Waals surface area contributed by atoms with Crippen molar-refractivity contribution >= 4 is 0 Å². The van der Waals surface area contributed by atoms with Gasteiger partial charge in [0.15, 0.2) is 0 Å². The number of ether oxygens (including phenoxy) is 1. The third-order valence-electron chi connectivity index (χ3n) is 2.62. The van der Waals surface area contributed by atoms with Crippen molar-refractivity contribution in [3.05, 3.63) is 11.6 Å². The second-order valence-corrected chi connectivity index (χ2v) is 4.23. The van der Waals surface area contributed by atoms with E-state index >= 15 is 0 Å². The fourth-order valence-corrected chi connectivity index (χ4v) is 1.32. The van der Waals surface area contributed by atoms with E-state index < -0.39 is 11.7 Å².